The van der Waals surface area contributed by atoms with Crippen molar-refractivity contribution in [3.63, 3.8) is 0 Å². The number of hydrogen-bond acceptors (Lipinski definition) is 5. The normalized spacial score (nSPS) is 17.0. The number of carbonyl (C=O) groups excluding carboxylic acids is 1. The fourth-order valence-electron chi connectivity index (χ4n) is 2.51. The maximum atomic E-state index is 12.7. The number of nitrogens with zero attached hydrogens (tertiary/aromatic N) is 2. The van der Waals surface area contributed by atoms with Crippen LogP contribution in [0.15, 0.2) is 58.4 Å². The highest BCUT2D eigenvalue weighted by Gasteiger charge is 2.32. The van der Waals surface area contributed by atoms with Crippen molar-refractivity contribution in [2.75, 3.05) is 13.7 Å². The van der Waals surface area contributed by atoms with Gasteiger partial charge in [0, 0.05) is 6.54 Å². The topological polar surface area (TPSA) is 79.2 Å². The van der Waals surface area contributed by atoms with Crippen molar-refractivity contribution in [1.82, 2.24) is 4.90 Å². The van der Waals surface area contributed by atoms with E-state index in [9.17, 15) is 9.59 Å². The van der Waals surface area contributed by atoms with Crippen molar-refractivity contribution in [1.29, 1.82) is 0 Å². The molecule has 0 aliphatic carbocycles. The van der Waals surface area contributed by atoms with Crippen LogP contribution >= 0.6 is 11.8 Å². The van der Waals surface area contributed by atoms with Gasteiger partial charge in [0.05, 0.1) is 23.3 Å². The van der Waals surface area contributed by atoms with E-state index < -0.39 is 5.97 Å². The van der Waals surface area contributed by atoms with Crippen molar-refractivity contribution in [3.8, 4) is 5.75 Å². The maximum Gasteiger partial charge on any atom is 0.335 e. The molecular weight excluding hydrogens is 364 g/mol. The van der Waals surface area contributed by atoms with Gasteiger partial charge < -0.3 is 9.84 Å². The summed E-state index contributed by atoms with van der Waals surface area (Å²) in [6.07, 6.45) is 1.82. The monoisotopic (exact) mass is 382 g/mol. The molecule has 6 nitrogen and oxygen atoms in total. The number of carbonyl (C=O) groups is 2. The Kier molecular flexibility index (Phi) is 5.61. The van der Waals surface area contributed by atoms with E-state index in [1.54, 1.807) is 24.1 Å². The third kappa shape index (κ3) is 4.20. The molecule has 0 saturated carbocycles. The minimum atomic E-state index is -0.987. The van der Waals surface area contributed by atoms with Crippen LogP contribution < -0.4 is 4.74 Å². The molecule has 2 aromatic rings. The first-order chi connectivity index (χ1) is 13.0. The van der Waals surface area contributed by atoms with Crippen LogP contribution in [0.3, 0.4) is 0 Å². The highest BCUT2D eigenvalue weighted by Crippen LogP contribution is 2.34. The van der Waals surface area contributed by atoms with Crippen molar-refractivity contribution in [2.45, 2.75) is 6.92 Å². The maximum absolute atomic E-state index is 12.7. The van der Waals surface area contributed by atoms with Gasteiger partial charge in [-0.25, -0.2) is 9.79 Å². The molecule has 1 amide bonds. The van der Waals surface area contributed by atoms with Gasteiger partial charge in [-0.15, -0.1) is 0 Å². The Balaban J connectivity index is 1.87. The molecule has 1 aliphatic rings. The first kappa shape index (κ1) is 18.7. The van der Waals surface area contributed by atoms with E-state index in [0.717, 1.165) is 11.3 Å². The predicted octanol–water partition coefficient (Wildman–Crippen LogP) is 4.02. The summed E-state index contributed by atoms with van der Waals surface area (Å²) in [5.41, 5.74) is 1.69. The highest BCUT2D eigenvalue weighted by atomic mass is 32.2. The van der Waals surface area contributed by atoms with E-state index >= 15 is 0 Å². The van der Waals surface area contributed by atoms with E-state index in [2.05, 4.69) is 4.99 Å². The quantitative estimate of drug-likeness (QED) is 0.790. The molecule has 3 rings (SSSR count). The van der Waals surface area contributed by atoms with Crippen molar-refractivity contribution in [2.24, 2.45) is 4.99 Å². The number of aliphatic imine (C=N–C) groups is 1. The minimum Gasteiger partial charge on any atom is -0.497 e. The molecule has 1 N–H and O–H groups in total. The second kappa shape index (κ2) is 8.09. The molecule has 0 unspecified atom stereocenters. The molecule has 0 atom stereocenters. The predicted molar refractivity (Wildman–Crippen MR) is 106 cm³/mol. The van der Waals surface area contributed by atoms with Gasteiger partial charge in [0.2, 0.25) is 0 Å². The SMILES string of the molecule is CCN1C(=O)/C(=C\c2ccc(OC)cc2)SC1=Nc1ccc(C(=O)O)cc1. The Morgan fingerprint density at radius 2 is 1.85 bits per heavy atom. The molecule has 2 aromatic carbocycles. The summed E-state index contributed by atoms with van der Waals surface area (Å²) < 4.78 is 5.14. The lowest BCUT2D eigenvalue weighted by Crippen LogP contribution is -2.28. The number of aromatic carboxylic acids is 1. The number of amides is 1. The molecule has 0 aromatic heterocycles. The lowest BCUT2D eigenvalue weighted by atomic mass is 10.2. The van der Waals surface area contributed by atoms with Gasteiger partial charge in [0.15, 0.2) is 5.17 Å². The van der Waals surface area contributed by atoms with Gasteiger partial charge in [-0.3, -0.25) is 9.69 Å². The number of benzene rings is 2. The first-order valence-electron chi connectivity index (χ1n) is 8.29. The number of amidine groups is 1. The minimum absolute atomic E-state index is 0.0979. The zero-order valence-corrected chi connectivity index (χ0v) is 15.7. The van der Waals surface area contributed by atoms with Crippen LogP contribution in [0.4, 0.5) is 5.69 Å². The number of carboxylic acid groups (broad SMARTS) is 1. The molecule has 0 radical (unpaired) electrons. The van der Waals surface area contributed by atoms with Crippen LogP contribution in [0.5, 0.6) is 5.75 Å². The number of ether oxygens (including phenoxy) is 1. The fourth-order valence-corrected chi connectivity index (χ4v) is 3.57. The Hall–Kier alpha value is -3.06. The second-order valence-electron chi connectivity index (χ2n) is 5.68. The molecule has 1 aliphatic heterocycles. The van der Waals surface area contributed by atoms with Crippen LogP contribution in [-0.2, 0) is 4.79 Å². The van der Waals surface area contributed by atoms with Gasteiger partial charge in [-0.2, -0.15) is 0 Å². The largest absolute Gasteiger partial charge is 0.497 e. The van der Waals surface area contributed by atoms with E-state index in [1.807, 2.05) is 37.3 Å². The Morgan fingerprint density at radius 3 is 2.41 bits per heavy atom. The molecule has 27 heavy (non-hydrogen) atoms. The summed E-state index contributed by atoms with van der Waals surface area (Å²) in [5, 5.41) is 9.55. The van der Waals surface area contributed by atoms with Crippen LogP contribution in [0.1, 0.15) is 22.8 Å². The van der Waals surface area contributed by atoms with Crippen LogP contribution in [0.25, 0.3) is 6.08 Å². The van der Waals surface area contributed by atoms with Gasteiger partial charge in [-0.05, 0) is 66.7 Å². The number of likely N-dealkylation sites (N-methyl/N-ethyl adjacent to an activating group) is 1. The summed E-state index contributed by atoms with van der Waals surface area (Å²) in [6.45, 7) is 2.38. The third-order valence-corrected chi connectivity index (χ3v) is 4.96. The highest BCUT2D eigenvalue weighted by molar-refractivity contribution is 8.18. The molecule has 1 saturated heterocycles. The number of methoxy groups -OCH3 is 1. The van der Waals surface area contributed by atoms with E-state index in [0.29, 0.717) is 22.3 Å². The van der Waals surface area contributed by atoms with Crippen LogP contribution in [-0.4, -0.2) is 40.7 Å². The number of thioether (sulfide) groups is 1. The fraction of sp³-hybridized carbons (Fsp3) is 0.150. The molecule has 138 valence electrons. The second-order valence-corrected chi connectivity index (χ2v) is 6.69. The molecule has 0 bridgehead atoms. The zero-order valence-electron chi connectivity index (χ0n) is 14.9. The summed E-state index contributed by atoms with van der Waals surface area (Å²) in [4.78, 5) is 30.3. The van der Waals surface area contributed by atoms with E-state index in [4.69, 9.17) is 9.84 Å². The van der Waals surface area contributed by atoms with Crippen LogP contribution in [0.2, 0.25) is 0 Å². The average molecular weight is 382 g/mol. The van der Waals surface area contributed by atoms with Crippen molar-refractivity contribution >= 4 is 40.6 Å². The molecule has 7 heteroatoms. The van der Waals surface area contributed by atoms with E-state index in [-0.39, 0.29) is 11.5 Å². The molecule has 0 spiro atoms. The molecule has 1 heterocycles. The lowest BCUT2D eigenvalue weighted by molar-refractivity contribution is -0.122. The van der Waals surface area contributed by atoms with Crippen LogP contribution in [0, 0.1) is 0 Å². The number of hydrogen-bond donors (Lipinski definition) is 1. The summed E-state index contributed by atoms with van der Waals surface area (Å²) in [6, 6.07) is 13.7. The van der Waals surface area contributed by atoms with Gasteiger partial charge >= 0.3 is 5.97 Å². The van der Waals surface area contributed by atoms with Crippen molar-refractivity contribution in [3.05, 3.63) is 64.6 Å². The number of rotatable bonds is 5. The molecular formula is C20H18N2O4S. The molecule has 1 fully saturated rings. The van der Waals surface area contributed by atoms with Crippen molar-refractivity contribution < 1.29 is 19.4 Å². The third-order valence-electron chi connectivity index (χ3n) is 3.96. The smallest absolute Gasteiger partial charge is 0.335 e. The van der Waals surface area contributed by atoms with E-state index in [1.165, 1.54) is 23.9 Å². The Bertz CT molecular complexity index is 918. The lowest BCUT2D eigenvalue weighted by Gasteiger charge is -2.12. The number of carboxylic acids is 1. The first-order valence-corrected chi connectivity index (χ1v) is 9.11. The standard InChI is InChI=1S/C20H18N2O4S/c1-3-22-18(23)17(12-13-4-10-16(26-2)11-5-13)27-20(22)21-15-8-6-14(7-9-15)19(24)25/h4-12H,3H2,1-2H3,(H,24,25)/b17-12+,21-20?. The summed E-state index contributed by atoms with van der Waals surface area (Å²) >= 11 is 1.30. The summed E-state index contributed by atoms with van der Waals surface area (Å²) in [7, 11) is 1.61. The average Bonchev–Trinajstić information content (AvgIpc) is 2.97. The van der Waals surface area contributed by atoms with Gasteiger partial charge in [0.25, 0.3) is 5.91 Å². The van der Waals surface area contributed by atoms with Gasteiger partial charge in [0.1, 0.15) is 5.75 Å². The zero-order chi connectivity index (χ0) is 19.4. The Labute approximate surface area is 161 Å². The Morgan fingerprint density at radius 1 is 1.19 bits per heavy atom. The summed E-state index contributed by atoms with van der Waals surface area (Å²) in [5.74, 6) is -0.330. The van der Waals surface area contributed by atoms with Gasteiger partial charge in [-0.1, -0.05) is 12.1 Å².